The molecule has 0 heterocycles. The molecule has 0 bridgehead atoms. The van der Waals surface area contributed by atoms with Gasteiger partial charge < -0.3 is 9.47 Å². The average molecular weight is 423 g/mol. The summed E-state index contributed by atoms with van der Waals surface area (Å²) in [7, 11) is 0. The van der Waals surface area contributed by atoms with Crippen molar-refractivity contribution in [3.8, 4) is 5.75 Å². The van der Waals surface area contributed by atoms with Crippen molar-refractivity contribution in [2.45, 2.75) is 104 Å². The number of hydrogen-bond acceptors (Lipinski definition) is 2. The number of ether oxygens (including phenoxy) is 2. The molecule has 3 saturated carbocycles. The number of fused-ring (bicyclic) bond motifs is 5. The molecule has 0 N–H and O–H groups in total. The maximum atomic E-state index is 6.59. The molecule has 2 nitrogen and oxygen atoms in total. The van der Waals surface area contributed by atoms with Crippen molar-refractivity contribution in [1.29, 1.82) is 0 Å². The van der Waals surface area contributed by atoms with Gasteiger partial charge in [-0.2, -0.15) is 0 Å². The van der Waals surface area contributed by atoms with Crippen molar-refractivity contribution in [2.24, 2.45) is 28.6 Å². The topological polar surface area (TPSA) is 18.5 Å². The maximum absolute atomic E-state index is 6.59. The molecule has 0 unspecified atom stereocenters. The van der Waals surface area contributed by atoms with Gasteiger partial charge in [0.05, 0.1) is 11.7 Å². The van der Waals surface area contributed by atoms with E-state index in [1.165, 1.54) is 44.9 Å². The van der Waals surface area contributed by atoms with Gasteiger partial charge in [0, 0.05) is 5.41 Å². The maximum Gasteiger partial charge on any atom is 0.119 e. The lowest BCUT2D eigenvalue weighted by atomic mass is 9.48. The molecule has 3 fully saturated rings. The summed E-state index contributed by atoms with van der Waals surface area (Å²) in [6.45, 7) is 11.7. The number of benzene rings is 1. The zero-order valence-electron chi connectivity index (χ0n) is 20.3. The molecule has 31 heavy (non-hydrogen) atoms. The van der Waals surface area contributed by atoms with Crippen LogP contribution in [0.4, 0.5) is 0 Å². The van der Waals surface area contributed by atoms with Gasteiger partial charge in [-0.15, -0.1) is 0 Å². The fraction of sp³-hybridized carbons (Fsp3) is 0.724. The summed E-state index contributed by atoms with van der Waals surface area (Å²) >= 11 is 0. The van der Waals surface area contributed by atoms with Gasteiger partial charge in [0.15, 0.2) is 0 Å². The van der Waals surface area contributed by atoms with Crippen LogP contribution in [-0.2, 0) is 4.74 Å². The molecule has 5 rings (SSSR count). The smallest absolute Gasteiger partial charge is 0.119 e. The highest BCUT2D eigenvalue weighted by molar-refractivity contribution is 5.26. The summed E-state index contributed by atoms with van der Waals surface area (Å²) in [5.41, 5.74) is 2.39. The minimum absolute atomic E-state index is 0.0412. The van der Waals surface area contributed by atoms with Crippen molar-refractivity contribution < 1.29 is 9.47 Å². The van der Waals surface area contributed by atoms with Gasteiger partial charge in [-0.1, -0.05) is 43.7 Å². The highest BCUT2D eigenvalue weighted by Crippen LogP contribution is 2.65. The van der Waals surface area contributed by atoms with E-state index in [1.807, 2.05) is 0 Å². The van der Waals surface area contributed by atoms with Crippen LogP contribution >= 0.6 is 0 Å². The summed E-state index contributed by atoms with van der Waals surface area (Å²) < 4.78 is 13.0. The monoisotopic (exact) mass is 422 g/mol. The summed E-state index contributed by atoms with van der Waals surface area (Å²) in [6, 6.07) is 10.5. The Morgan fingerprint density at radius 2 is 1.68 bits per heavy atom. The van der Waals surface area contributed by atoms with Crippen LogP contribution in [0, 0.1) is 28.6 Å². The minimum Gasteiger partial charge on any atom is -0.490 e. The Hall–Kier alpha value is -1.28. The Kier molecular flexibility index (Phi) is 5.32. The Morgan fingerprint density at radius 1 is 0.903 bits per heavy atom. The van der Waals surface area contributed by atoms with E-state index in [9.17, 15) is 0 Å². The van der Waals surface area contributed by atoms with Gasteiger partial charge in [-0.3, -0.25) is 0 Å². The number of hydrogen-bond donors (Lipinski definition) is 0. The lowest BCUT2D eigenvalue weighted by molar-refractivity contribution is -0.0971. The second-order valence-corrected chi connectivity index (χ2v) is 12.4. The summed E-state index contributed by atoms with van der Waals surface area (Å²) in [6.07, 6.45) is 13.6. The van der Waals surface area contributed by atoms with E-state index < -0.39 is 0 Å². The molecular formula is C29H42O2. The molecule has 4 aliphatic rings. The van der Waals surface area contributed by atoms with E-state index in [-0.39, 0.29) is 5.60 Å². The molecular weight excluding hydrogens is 380 g/mol. The SMILES string of the molecule is CC(C)(C)O[C@H]1CC[C@@]2(C)C(=CC[C@@H]3[C@H]4CC[C@H](Oc5ccccc5)[C@@]4(C)CC[C@H]32)C1. The number of rotatable bonds is 3. The van der Waals surface area contributed by atoms with Crippen molar-refractivity contribution in [2.75, 3.05) is 0 Å². The summed E-state index contributed by atoms with van der Waals surface area (Å²) in [5, 5.41) is 0. The van der Waals surface area contributed by atoms with Crippen LogP contribution in [0.3, 0.4) is 0 Å². The van der Waals surface area contributed by atoms with Crippen molar-refractivity contribution >= 4 is 0 Å². The fourth-order valence-corrected chi connectivity index (χ4v) is 8.04. The highest BCUT2D eigenvalue weighted by Gasteiger charge is 2.59. The number of para-hydroxylation sites is 1. The van der Waals surface area contributed by atoms with Gasteiger partial charge in [0.2, 0.25) is 0 Å². The molecule has 170 valence electrons. The van der Waals surface area contributed by atoms with Crippen LogP contribution < -0.4 is 4.74 Å². The van der Waals surface area contributed by atoms with Crippen molar-refractivity contribution in [3.63, 3.8) is 0 Å². The Morgan fingerprint density at radius 3 is 2.42 bits per heavy atom. The Bertz CT molecular complexity index is 821. The van der Waals surface area contributed by atoms with E-state index in [0.29, 0.717) is 23.0 Å². The third-order valence-electron chi connectivity index (χ3n) is 9.51. The Balaban J connectivity index is 1.34. The third-order valence-corrected chi connectivity index (χ3v) is 9.51. The van der Waals surface area contributed by atoms with Crippen molar-refractivity contribution in [1.82, 2.24) is 0 Å². The van der Waals surface area contributed by atoms with Crippen LogP contribution in [0.2, 0.25) is 0 Å². The van der Waals surface area contributed by atoms with E-state index in [1.54, 1.807) is 5.57 Å². The molecule has 0 saturated heterocycles. The van der Waals surface area contributed by atoms with Crippen LogP contribution in [0.5, 0.6) is 5.75 Å². The molecule has 0 radical (unpaired) electrons. The van der Waals surface area contributed by atoms with Crippen LogP contribution in [-0.4, -0.2) is 17.8 Å². The molecule has 1 aromatic carbocycles. The molecule has 1 aromatic rings. The van der Waals surface area contributed by atoms with E-state index in [0.717, 1.165) is 29.9 Å². The quantitative estimate of drug-likeness (QED) is 0.467. The zero-order valence-corrected chi connectivity index (χ0v) is 20.3. The second kappa shape index (κ2) is 7.65. The predicted octanol–water partition coefficient (Wildman–Crippen LogP) is 7.58. The van der Waals surface area contributed by atoms with Crippen LogP contribution in [0.25, 0.3) is 0 Å². The van der Waals surface area contributed by atoms with Gasteiger partial charge in [-0.25, -0.2) is 0 Å². The predicted molar refractivity (Wildman–Crippen MR) is 127 cm³/mol. The first kappa shape index (κ1) is 21.6. The van der Waals surface area contributed by atoms with Gasteiger partial charge in [0.25, 0.3) is 0 Å². The number of allylic oxidation sites excluding steroid dienone is 1. The average Bonchev–Trinajstić information content (AvgIpc) is 3.04. The molecule has 0 aliphatic heterocycles. The molecule has 7 atom stereocenters. The normalized spacial score (nSPS) is 42.2. The second-order valence-electron chi connectivity index (χ2n) is 12.4. The highest BCUT2D eigenvalue weighted by atomic mass is 16.5. The lowest BCUT2D eigenvalue weighted by Gasteiger charge is -2.58. The summed E-state index contributed by atoms with van der Waals surface area (Å²) in [5.74, 6) is 3.53. The first-order valence-corrected chi connectivity index (χ1v) is 12.8. The van der Waals surface area contributed by atoms with E-state index in [4.69, 9.17) is 9.47 Å². The zero-order chi connectivity index (χ0) is 21.9. The molecule has 0 aromatic heterocycles. The van der Waals surface area contributed by atoms with Gasteiger partial charge >= 0.3 is 0 Å². The lowest BCUT2D eigenvalue weighted by Crippen LogP contribution is -2.52. The van der Waals surface area contributed by atoms with Crippen LogP contribution in [0.1, 0.15) is 86.0 Å². The fourth-order valence-electron chi connectivity index (χ4n) is 8.04. The van der Waals surface area contributed by atoms with E-state index >= 15 is 0 Å². The molecule has 2 heteroatoms. The van der Waals surface area contributed by atoms with Crippen molar-refractivity contribution in [3.05, 3.63) is 42.0 Å². The molecule has 0 amide bonds. The minimum atomic E-state index is -0.0412. The van der Waals surface area contributed by atoms with E-state index in [2.05, 4.69) is 71.0 Å². The standard InChI is InChI=1S/C29H42O2/c1-27(2,3)31-22-15-17-28(4)20(19-22)11-12-23-24-13-14-26(29(24,5)18-16-25(23)28)30-21-9-7-6-8-10-21/h6-11,22-26H,12-19H2,1-5H3/t22-,23+,24+,25+,26-,28-,29-/m0/s1. The summed E-state index contributed by atoms with van der Waals surface area (Å²) in [4.78, 5) is 0. The van der Waals surface area contributed by atoms with Gasteiger partial charge in [-0.05, 0) is 107 Å². The Labute approximate surface area is 189 Å². The first-order valence-electron chi connectivity index (χ1n) is 12.8. The largest absolute Gasteiger partial charge is 0.490 e. The third kappa shape index (κ3) is 3.77. The molecule has 0 spiro atoms. The molecule has 4 aliphatic carbocycles. The van der Waals surface area contributed by atoms with Crippen LogP contribution in [0.15, 0.2) is 42.0 Å². The van der Waals surface area contributed by atoms with Gasteiger partial charge in [0.1, 0.15) is 11.9 Å². The first-order chi connectivity index (χ1) is 14.7.